The molecule has 0 aromatic heterocycles. The van der Waals surface area contributed by atoms with Gasteiger partial charge in [0.1, 0.15) is 5.75 Å². The molecule has 0 bridgehead atoms. The van der Waals surface area contributed by atoms with E-state index in [0.717, 1.165) is 11.8 Å². The van der Waals surface area contributed by atoms with Gasteiger partial charge in [-0.3, -0.25) is 14.9 Å². The average molecular weight is 360 g/mol. The van der Waals surface area contributed by atoms with Gasteiger partial charge < -0.3 is 4.74 Å². The van der Waals surface area contributed by atoms with Crippen molar-refractivity contribution in [1.29, 1.82) is 0 Å². The monoisotopic (exact) mass is 359 g/mol. The lowest BCUT2D eigenvalue weighted by Gasteiger charge is -2.08. The lowest BCUT2D eigenvalue weighted by Crippen LogP contribution is -2.17. The van der Waals surface area contributed by atoms with Gasteiger partial charge in [0.05, 0.1) is 10.5 Å². The van der Waals surface area contributed by atoms with Crippen LogP contribution in [-0.4, -0.2) is 17.1 Å². The molecule has 0 aliphatic carbocycles. The zero-order valence-corrected chi connectivity index (χ0v) is 13.7. The van der Waals surface area contributed by atoms with Crippen molar-refractivity contribution < 1.29 is 19.1 Å². The predicted octanol–water partition coefficient (Wildman–Crippen LogP) is 3.88. The number of halogens is 1. The number of nitrogens with one attached hydrogen (secondary N) is 1. The maximum absolute atomic E-state index is 12.2. The number of amides is 2. The number of carbonyl (C=O) groups excluding carboxylic acids is 3. The number of benzene rings is 2. The molecular formula is C17H10ClNO4S. The highest BCUT2D eigenvalue weighted by Gasteiger charge is 2.25. The number of ether oxygens (including phenoxy) is 1. The first-order valence-corrected chi connectivity index (χ1v) is 8.04. The highest BCUT2D eigenvalue weighted by molar-refractivity contribution is 8.18. The Balaban J connectivity index is 1.86. The van der Waals surface area contributed by atoms with Crippen LogP contribution in [0.15, 0.2) is 53.4 Å². The summed E-state index contributed by atoms with van der Waals surface area (Å²) in [5, 5.41) is 2.27. The third-order valence-corrected chi connectivity index (χ3v) is 4.19. The van der Waals surface area contributed by atoms with Crippen molar-refractivity contribution in [1.82, 2.24) is 5.32 Å². The Morgan fingerprint density at radius 3 is 2.46 bits per heavy atom. The zero-order valence-electron chi connectivity index (χ0n) is 12.1. The van der Waals surface area contributed by atoms with Crippen LogP contribution in [-0.2, 0) is 4.79 Å². The molecule has 3 rings (SSSR count). The molecular weight excluding hydrogens is 350 g/mol. The fraction of sp³-hybridized carbons (Fsp3) is 0. The molecule has 2 aromatic carbocycles. The smallest absolute Gasteiger partial charge is 0.343 e. The second kappa shape index (κ2) is 6.90. The van der Waals surface area contributed by atoms with Crippen LogP contribution in [0.3, 0.4) is 0 Å². The molecule has 2 aromatic rings. The summed E-state index contributed by atoms with van der Waals surface area (Å²) in [5.41, 5.74) is 0.872. The number of hydrogen-bond acceptors (Lipinski definition) is 5. The highest BCUT2D eigenvalue weighted by Crippen LogP contribution is 2.29. The molecule has 0 unspecified atom stereocenters. The van der Waals surface area contributed by atoms with Crippen molar-refractivity contribution in [3.05, 3.63) is 69.6 Å². The van der Waals surface area contributed by atoms with Crippen molar-refractivity contribution >= 4 is 46.6 Å². The van der Waals surface area contributed by atoms with Crippen molar-refractivity contribution in [2.45, 2.75) is 0 Å². The van der Waals surface area contributed by atoms with E-state index in [0.29, 0.717) is 16.1 Å². The molecule has 2 amide bonds. The van der Waals surface area contributed by atoms with Crippen molar-refractivity contribution in [3.8, 4) is 5.75 Å². The molecule has 1 saturated heterocycles. The largest absolute Gasteiger partial charge is 0.422 e. The summed E-state index contributed by atoms with van der Waals surface area (Å²) in [5.74, 6) is -0.723. The fourth-order valence-corrected chi connectivity index (χ4v) is 2.80. The molecule has 0 saturated carbocycles. The van der Waals surface area contributed by atoms with E-state index in [1.54, 1.807) is 48.5 Å². The molecule has 1 N–H and O–H groups in total. The van der Waals surface area contributed by atoms with Gasteiger partial charge in [0.2, 0.25) is 0 Å². The number of hydrogen-bond donors (Lipinski definition) is 1. The van der Waals surface area contributed by atoms with E-state index in [-0.39, 0.29) is 10.7 Å². The van der Waals surface area contributed by atoms with Gasteiger partial charge in [0.15, 0.2) is 0 Å². The van der Waals surface area contributed by atoms with E-state index in [9.17, 15) is 14.4 Å². The SMILES string of the molecule is O=C1NC(=O)/C(=C/c2ccccc2OC(=O)c2ccc(Cl)cc2)S1. The van der Waals surface area contributed by atoms with Crippen LogP contribution in [0.5, 0.6) is 5.75 Å². The molecule has 1 fully saturated rings. The van der Waals surface area contributed by atoms with Crippen LogP contribution < -0.4 is 10.1 Å². The maximum atomic E-state index is 12.2. The highest BCUT2D eigenvalue weighted by atomic mass is 35.5. The quantitative estimate of drug-likeness (QED) is 0.511. The van der Waals surface area contributed by atoms with E-state index >= 15 is 0 Å². The van der Waals surface area contributed by atoms with Gasteiger partial charge in [-0.2, -0.15) is 0 Å². The summed E-state index contributed by atoms with van der Waals surface area (Å²) in [6.45, 7) is 0. The minimum atomic E-state index is -0.544. The first-order chi connectivity index (χ1) is 11.5. The van der Waals surface area contributed by atoms with E-state index < -0.39 is 17.1 Å². The molecule has 120 valence electrons. The Morgan fingerprint density at radius 2 is 1.79 bits per heavy atom. The van der Waals surface area contributed by atoms with E-state index in [1.165, 1.54) is 6.08 Å². The van der Waals surface area contributed by atoms with Gasteiger partial charge in [0, 0.05) is 10.6 Å². The molecule has 0 atom stereocenters. The Kier molecular flexibility index (Phi) is 4.69. The number of thioether (sulfide) groups is 1. The molecule has 0 radical (unpaired) electrons. The van der Waals surface area contributed by atoms with Crippen LogP contribution in [0.1, 0.15) is 15.9 Å². The number of rotatable bonds is 3. The maximum Gasteiger partial charge on any atom is 0.343 e. The van der Waals surface area contributed by atoms with E-state index in [4.69, 9.17) is 16.3 Å². The minimum Gasteiger partial charge on any atom is -0.422 e. The summed E-state index contributed by atoms with van der Waals surface area (Å²) < 4.78 is 5.39. The first-order valence-electron chi connectivity index (χ1n) is 6.84. The molecule has 1 aliphatic rings. The van der Waals surface area contributed by atoms with Crippen LogP contribution >= 0.6 is 23.4 Å². The van der Waals surface area contributed by atoms with E-state index in [1.807, 2.05) is 0 Å². The third kappa shape index (κ3) is 3.67. The van der Waals surface area contributed by atoms with Gasteiger partial charge in [-0.05, 0) is 48.2 Å². The third-order valence-electron chi connectivity index (χ3n) is 3.13. The molecule has 24 heavy (non-hydrogen) atoms. The van der Waals surface area contributed by atoms with Crippen molar-refractivity contribution in [2.75, 3.05) is 0 Å². The summed E-state index contributed by atoms with van der Waals surface area (Å²) in [6, 6.07) is 13.1. The van der Waals surface area contributed by atoms with Gasteiger partial charge in [-0.1, -0.05) is 29.8 Å². The normalized spacial score (nSPS) is 15.5. The molecule has 0 spiro atoms. The molecule has 7 heteroatoms. The predicted molar refractivity (Wildman–Crippen MR) is 92.0 cm³/mol. The van der Waals surface area contributed by atoms with E-state index in [2.05, 4.69) is 5.32 Å². The van der Waals surface area contributed by atoms with Crippen LogP contribution in [0.4, 0.5) is 4.79 Å². The molecule has 1 aliphatic heterocycles. The fourth-order valence-electron chi connectivity index (χ4n) is 2.00. The lowest BCUT2D eigenvalue weighted by molar-refractivity contribution is -0.115. The van der Waals surface area contributed by atoms with Crippen LogP contribution in [0.2, 0.25) is 5.02 Å². The summed E-state index contributed by atoms with van der Waals surface area (Å²) in [4.78, 5) is 35.3. The summed E-state index contributed by atoms with van der Waals surface area (Å²) in [7, 11) is 0. The number of imide groups is 1. The standard InChI is InChI=1S/C17H10ClNO4S/c18-12-7-5-10(6-8-12)16(21)23-13-4-2-1-3-11(13)9-14-15(20)19-17(22)24-14/h1-9H,(H,19,20,22)/b14-9-. The Labute approximate surface area is 146 Å². The van der Waals surface area contributed by atoms with Crippen molar-refractivity contribution in [3.63, 3.8) is 0 Å². The summed E-state index contributed by atoms with van der Waals surface area (Å²) >= 11 is 6.60. The average Bonchev–Trinajstić information content (AvgIpc) is 2.87. The van der Waals surface area contributed by atoms with Gasteiger partial charge in [-0.15, -0.1) is 0 Å². The van der Waals surface area contributed by atoms with Crippen LogP contribution in [0.25, 0.3) is 6.08 Å². The lowest BCUT2D eigenvalue weighted by atomic mass is 10.1. The Bertz CT molecular complexity index is 861. The van der Waals surface area contributed by atoms with Gasteiger partial charge in [0.25, 0.3) is 11.1 Å². The number of carbonyl (C=O) groups is 3. The Hall–Kier alpha value is -2.57. The second-order valence-electron chi connectivity index (χ2n) is 4.79. The molecule has 1 heterocycles. The first kappa shape index (κ1) is 16.3. The van der Waals surface area contributed by atoms with Crippen LogP contribution in [0, 0.1) is 0 Å². The zero-order chi connectivity index (χ0) is 17.1. The topological polar surface area (TPSA) is 72.5 Å². The van der Waals surface area contributed by atoms with Gasteiger partial charge in [-0.25, -0.2) is 4.79 Å². The minimum absolute atomic E-state index is 0.245. The van der Waals surface area contributed by atoms with Gasteiger partial charge >= 0.3 is 5.97 Å². The molecule has 5 nitrogen and oxygen atoms in total. The van der Waals surface area contributed by atoms with Crippen molar-refractivity contribution in [2.24, 2.45) is 0 Å². The second-order valence-corrected chi connectivity index (χ2v) is 6.24. The summed E-state index contributed by atoms with van der Waals surface area (Å²) in [6.07, 6.45) is 1.51. The number of para-hydroxylation sites is 1. The number of esters is 1. The Morgan fingerprint density at radius 1 is 1.08 bits per heavy atom.